The normalized spacial score (nSPS) is 14.2. The summed E-state index contributed by atoms with van der Waals surface area (Å²) in [7, 11) is 1.70. The van der Waals surface area contributed by atoms with Crippen LogP contribution in [0, 0.1) is 22.7 Å². The number of aromatic nitrogens is 3. The zero-order valence-corrected chi connectivity index (χ0v) is 20.2. The van der Waals surface area contributed by atoms with Crippen LogP contribution in [0.1, 0.15) is 28.5 Å². The lowest BCUT2D eigenvalue weighted by Gasteiger charge is -2.37. The fourth-order valence-electron chi connectivity index (χ4n) is 3.73. The molecule has 0 unspecified atom stereocenters. The summed E-state index contributed by atoms with van der Waals surface area (Å²) in [5.41, 5.74) is 1.51. The number of halogens is 2. The average Bonchev–Trinajstić information content (AvgIpc) is 3.20. The van der Waals surface area contributed by atoms with Crippen molar-refractivity contribution >= 4 is 58.3 Å². The van der Waals surface area contributed by atoms with Crippen molar-refractivity contribution in [1.29, 1.82) is 10.7 Å². The highest BCUT2D eigenvalue weighted by molar-refractivity contribution is 7.92. The number of likely N-dealkylation sites (tertiary alicyclic amines) is 1. The highest BCUT2D eigenvalue weighted by Gasteiger charge is 2.34. The van der Waals surface area contributed by atoms with Gasteiger partial charge >= 0.3 is 0 Å². The first-order valence-corrected chi connectivity index (χ1v) is 11.6. The maximum atomic E-state index is 13.5. The van der Waals surface area contributed by atoms with Gasteiger partial charge in [-0.3, -0.25) is 15.0 Å². The van der Waals surface area contributed by atoms with Gasteiger partial charge in [-0.25, -0.2) is 13.9 Å². The topological polar surface area (TPSA) is 140 Å². The van der Waals surface area contributed by atoms with Gasteiger partial charge in [0.2, 0.25) is 5.91 Å². The number of hydrogen-bond acceptors (Lipinski definition) is 8. The highest BCUT2D eigenvalue weighted by Crippen LogP contribution is 2.26. The van der Waals surface area contributed by atoms with Gasteiger partial charge in [0.15, 0.2) is 18.0 Å². The van der Waals surface area contributed by atoms with E-state index in [4.69, 9.17) is 22.3 Å². The van der Waals surface area contributed by atoms with Gasteiger partial charge in [-0.15, -0.1) is 3.89 Å². The van der Waals surface area contributed by atoms with E-state index in [9.17, 15) is 13.5 Å². The van der Waals surface area contributed by atoms with Crippen LogP contribution in [-0.2, 0) is 4.79 Å². The van der Waals surface area contributed by atoms with Gasteiger partial charge in [-0.05, 0) is 25.1 Å². The second-order valence-corrected chi connectivity index (χ2v) is 8.91. The molecular weight excluding hydrogens is 495 g/mol. The number of anilines is 1. The molecule has 1 fully saturated rings. The first kappa shape index (κ1) is 24.4. The van der Waals surface area contributed by atoms with Gasteiger partial charge in [0.05, 0.1) is 29.5 Å². The maximum absolute atomic E-state index is 13.5. The van der Waals surface area contributed by atoms with Crippen molar-refractivity contribution in [3.63, 3.8) is 0 Å². The summed E-state index contributed by atoms with van der Waals surface area (Å²) < 4.78 is 14.6. The number of nitriles is 1. The van der Waals surface area contributed by atoms with Gasteiger partial charge in [0.25, 0.3) is 5.91 Å². The smallest absolute Gasteiger partial charge is 0.255 e. The Hall–Kier alpha value is -3.69. The number of carbonyl (C=O) groups is 2. The third kappa shape index (κ3) is 4.65. The number of fused-ring (bicyclic) bond motifs is 1. The zero-order valence-electron chi connectivity index (χ0n) is 18.7. The molecule has 1 aliphatic heterocycles. The fraction of sp³-hybridized carbons (Fsp3) is 0.273. The standard InChI is InChI=1S/C22H20ClFN8O2S/c1-11(22(34)31-8-12(6-25)9-31)29-21(33)15-10-32(35-24)20-19(15)30-17(7-28-20)18(26)14-4-3-13(23)5-16(14)27-2/h3-5,7,10-12,26-27H,8-9H2,1-2H3,(H,29,33)/t11-/m1/s1. The number of benzene rings is 1. The van der Waals surface area contributed by atoms with Crippen LogP contribution in [-0.4, -0.2) is 62.5 Å². The van der Waals surface area contributed by atoms with Gasteiger partial charge in [-0.2, -0.15) is 5.26 Å². The molecule has 180 valence electrons. The molecule has 13 heteroatoms. The summed E-state index contributed by atoms with van der Waals surface area (Å²) in [6, 6.07) is 6.21. The Balaban J connectivity index is 1.63. The molecule has 1 aromatic carbocycles. The lowest BCUT2D eigenvalue weighted by Crippen LogP contribution is -2.55. The van der Waals surface area contributed by atoms with Crippen molar-refractivity contribution in [1.82, 2.24) is 24.2 Å². The predicted molar refractivity (Wildman–Crippen MR) is 131 cm³/mol. The monoisotopic (exact) mass is 514 g/mol. The Labute approximate surface area is 209 Å². The van der Waals surface area contributed by atoms with Crippen LogP contribution >= 0.6 is 23.9 Å². The van der Waals surface area contributed by atoms with Crippen molar-refractivity contribution in [2.24, 2.45) is 5.92 Å². The first-order chi connectivity index (χ1) is 16.8. The van der Waals surface area contributed by atoms with E-state index >= 15 is 0 Å². The second kappa shape index (κ2) is 9.89. The Morgan fingerprint density at radius 2 is 2.11 bits per heavy atom. The molecule has 4 rings (SSSR count). The lowest BCUT2D eigenvalue weighted by atomic mass is 10.0. The Morgan fingerprint density at radius 3 is 2.77 bits per heavy atom. The lowest BCUT2D eigenvalue weighted by molar-refractivity contribution is -0.137. The molecule has 0 spiro atoms. The Kier molecular flexibility index (Phi) is 6.90. The molecule has 0 aliphatic carbocycles. The van der Waals surface area contributed by atoms with Crippen LogP contribution in [0.2, 0.25) is 5.02 Å². The minimum absolute atomic E-state index is 0.00964. The first-order valence-electron chi connectivity index (χ1n) is 10.5. The summed E-state index contributed by atoms with van der Waals surface area (Å²) in [5, 5.41) is 23.6. The maximum Gasteiger partial charge on any atom is 0.255 e. The number of nitrogens with zero attached hydrogens (tertiary/aromatic N) is 5. The third-order valence-electron chi connectivity index (χ3n) is 5.65. The predicted octanol–water partition coefficient (Wildman–Crippen LogP) is 3.02. The Bertz CT molecular complexity index is 1380. The van der Waals surface area contributed by atoms with Crippen LogP contribution in [0.3, 0.4) is 0 Å². The number of amides is 2. The molecule has 10 nitrogen and oxygen atoms in total. The van der Waals surface area contributed by atoms with Crippen LogP contribution in [0.5, 0.6) is 0 Å². The molecule has 0 saturated carbocycles. The van der Waals surface area contributed by atoms with Crippen LogP contribution in [0.15, 0.2) is 30.6 Å². The number of carbonyl (C=O) groups excluding carboxylic acids is 2. The molecule has 2 aromatic heterocycles. The van der Waals surface area contributed by atoms with E-state index in [-0.39, 0.29) is 52.3 Å². The van der Waals surface area contributed by atoms with E-state index < -0.39 is 11.9 Å². The second-order valence-electron chi connectivity index (χ2n) is 7.94. The van der Waals surface area contributed by atoms with E-state index in [0.717, 1.165) is 3.97 Å². The van der Waals surface area contributed by atoms with Crippen molar-refractivity contribution in [2.75, 3.05) is 25.5 Å². The molecule has 3 N–H and O–H groups in total. The summed E-state index contributed by atoms with van der Waals surface area (Å²) in [6.07, 6.45) is 2.57. The van der Waals surface area contributed by atoms with Gasteiger partial charge in [0, 0.05) is 42.6 Å². The zero-order chi connectivity index (χ0) is 25.3. The van der Waals surface area contributed by atoms with E-state index in [0.29, 0.717) is 29.4 Å². The van der Waals surface area contributed by atoms with Crippen molar-refractivity contribution < 1.29 is 13.5 Å². The minimum Gasteiger partial charge on any atom is -0.388 e. The summed E-state index contributed by atoms with van der Waals surface area (Å²) in [5.74, 6) is -1.15. The van der Waals surface area contributed by atoms with Gasteiger partial charge < -0.3 is 15.5 Å². The average molecular weight is 515 g/mol. The summed E-state index contributed by atoms with van der Waals surface area (Å²) in [6.45, 7) is 2.18. The molecule has 1 aliphatic rings. The quantitative estimate of drug-likeness (QED) is 0.412. The van der Waals surface area contributed by atoms with Crippen molar-refractivity contribution in [3.8, 4) is 6.07 Å². The minimum atomic E-state index is -0.861. The summed E-state index contributed by atoms with van der Waals surface area (Å²) in [4.78, 5) is 35.7. The van der Waals surface area contributed by atoms with E-state index in [1.54, 1.807) is 25.2 Å². The molecule has 35 heavy (non-hydrogen) atoms. The van der Waals surface area contributed by atoms with E-state index in [2.05, 4.69) is 26.7 Å². The molecule has 0 bridgehead atoms. The highest BCUT2D eigenvalue weighted by atomic mass is 35.5. The summed E-state index contributed by atoms with van der Waals surface area (Å²) >= 11 is 5.90. The molecule has 1 atom stereocenters. The Morgan fingerprint density at radius 1 is 1.37 bits per heavy atom. The van der Waals surface area contributed by atoms with Crippen LogP contribution < -0.4 is 10.6 Å². The van der Waals surface area contributed by atoms with E-state index in [1.807, 2.05) is 0 Å². The van der Waals surface area contributed by atoms with Crippen LogP contribution in [0.25, 0.3) is 11.2 Å². The largest absolute Gasteiger partial charge is 0.388 e. The van der Waals surface area contributed by atoms with Crippen LogP contribution in [0.4, 0.5) is 9.57 Å². The van der Waals surface area contributed by atoms with Crippen molar-refractivity contribution in [2.45, 2.75) is 13.0 Å². The number of nitrogens with one attached hydrogen (secondary N) is 3. The van der Waals surface area contributed by atoms with Gasteiger partial charge in [-0.1, -0.05) is 11.6 Å². The molecular formula is C22H20ClFN8O2S. The fourth-order valence-corrected chi connectivity index (χ4v) is 4.25. The molecule has 1 saturated heterocycles. The van der Waals surface area contributed by atoms with E-state index in [1.165, 1.54) is 24.2 Å². The number of rotatable bonds is 7. The molecule has 3 aromatic rings. The molecule has 3 heterocycles. The van der Waals surface area contributed by atoms with Crippen molar-refractivity contribution in [3.05, 3.63) is 52.4 Å². The SMILES string of the molecule is CNc1cc(Cl)ccc1C(=N)c1cnc2c(n1)c(C(=O)N[C@H](C)C(=O)N1CC(C#N)C1)cn2SF. The third-order valence-corrected chi connectivity index (χ3v) is 6.31. The van der Waals surface area contributed by atoms with Gasteiger partial charge in [0.1, 0.15) is 17.3 Å². The number of hydrogen-bond donors (Lipinski definition) is 3. The molecule has 0 radical (unpaired) electrons. The molecule has 2 amide bonds.